The van der Waals surface area contributed by atoms with Crippen molar-refractivity contribution in [3.8, 4) is 21.1 Å². The molecule has 0 N–H and O–H groups in total. The van der Waals surface area contributed by atoms with Gasteiger partial charge in [0.1, 0.15) is 20.0 Å². The van der Waals surface area contributed by atoms with Crippen LogP contribution in [-0.2, 0) is 12.8 Å². The molecule has 0 atom stereocenters. The fourth-order valence-corrected chi connectivity index (χ4v) is 6.32. The van der Waals surface area contributed by atoms with Gasteiger partial charge in [-0.3, -0.25) is 0 Å². The summed E-state index contributed by atoms with van der Waals surface area (Å²) >= 11 is 3.48. The van der Waals surface area contributed by atoms with Crippen LogP contribution in [0.4, 0.5) is 0 Å². The highest BCUT2D eigenvalue weighted by Crippen LogP contribution is 2.31. The number of unbranched alkanes of at least 4 members (excludes halogenated alkanes) is 10. The Morgan fingerprint density at radius 3 is 1.36 bits per heavy atom. The molecule has 0 bridgehead atoms. The lowest BCUT2D eigenvalue weighted by atomic mass is 10.0. The van der Waals surface area contributed by atoms with Crippen LogP contribution in [0, 0.1) is 0 Å². The Morgan fingerprint density at radius 2 is 0.917 bits per heavy atom. The van der Waals surface area contributed by atoms with Crippen molar-refractivity contribution in [2.45, 2.75) is 104 Å². The first kappa shape index (κ1) is 26.9. The Bertz CT molecular complexity index is 1100. The molecule has 36 heavy (non-hydrogen) atoms. The molecular weight excluding hydrogens is 480 g/mol. The van der Waals surface area contributed by atoms with E-state index in [4.69, 9.17) is 0 Å². The van der Waals surface area contributed by atoms with Gasteiger partial charge in [-0.05, 0) is 35.7 Å². The number of benzene rings is 2. The van der Waals surface area contributed by atoms with E-state index in [9.17, 15) is 0 Å². The van der Waals surface area contributed by atoms with E-state index in [2.05, 4.69) is 70.6 Å². The Hall–Kier alpha value is -2.18. The van der Waals surface area contributed by atoms with E-state index in [1.165, 1.54) is 87.8 Å². The summed E-state index contributed by atoms with van der Waals surface area (Å²) in [4.78, 5) is 0. The molecule has 4 nitrogen and oxygen atoms in total. The standard InChI is InChI=1S/C30H40N4S2/c1-3-5-7-9-11-13-15-27-31-33-29(35-27)25-19-17-24-22-26(20-18-23(24)21-25)30-34-32-28(36-30)16-14-12-10-8-6-4-2/h17-22H,3-16H2,1-2H3. The lowest BCUT2D eigenvalue weighted by Gasteiger charge is -2.03. The highest BCUT2D eigenvalue weighted by atomic mass is 32.1. The van der Waals surface area contributed by atoms with Crippen LogP contribution >= 0.6 is 22.7 Å². The first-order valence-corrected chi connectivity index (χ1v) is 15.6. The van der Waals surface area contributed by atoms with Crippen molar-refractivity contribution < 1.29 is 0 Å². The predicted molar refractivity (Wildman–Crippen MR) is 156 cm³/mol. The number of nitrogens with zero attached hydrogens (tertiary/aromatic N) is 4. The van der Waals surface area contributed by atoms with Gasteiger partial charge >= 0.3 is 0 Å². The lowest BCUT2D eigenvalue weighted by molar-refractivity contribution is 0.606. The number of hydrogen-bond acceptors (Lipinski definition) is 6. The van der Waals surface area contributed by atoms with Crippen LogP contribution in [0.25, 0.3) is 31.9 Å². The van der Waals surface area contributed by atoms with Gasteiger partial charge in [0, 0.05) is 24.0 Å². The third kappa shape index (κ3) is 7.91. The van der Waals surface area contributed by atoms with E-state index in [-0.39, 0.29) is 0 Å². The van der Waals surface area contributed by atoms with Gasteiger partial charge in [-0.1, -0.05) is 125 Å². The van der Waals surface area contributed by atoms with Crippen LogP contribution in [0.2, 0.25) is 0 Å². The quantitative estimate of drug-likeness (QED) is 0.138. The lowest BCUT2D eigenvalue weighted by Crippen LogP contribution is -1.85. The van der Waals surface area contributed by atoms with Crippen molar-refractivity contribution in [2.24, 2.45) is 0 Å². The molecule has 0 amide bonds. The monoisotopic (exact) mass is 520 g/mol. The molecule has 4 aromatic rings. The summed E-state index contributed by atoms with van der Waals surface area (Å²) in [7, 11) is 0. The number of aromatic nitrogens is 4. The Balaban J connectivity index is 1.33. The zero-order valence-corrected chi connectivity index (χ0v) is 23.6. The molecule has 6 heteroatoms. The van der Waals surface area contributed by atoms with E-state index < -0.39 is 0 Å². The third-order valence-corrected chi connectivity index (χ3v) is 8.82. The molecule has 2 aromatic carbocycles. The molecule has 4 rings (SSSR count). The zero-order chi connectivity index (χ0) is 25.0. The third-order valence-electron chi connectivity index (χ3n) is 6.76. The Morgan fingerprint density at radius 1 is 0.500 bits per heavy atom. The Kier molecular flexibility index (Phi) is 10.8. The van der Waals surface area contributed by atoms with Crippen LogP contribution in [0.3, 0.4) is 0 Å². The zero-order valence-electron chi connectivity index (χ0n) is 22.0. The molecule has 192 valence electrons. The highest BCUT2D eigenvalue weighted by Gasteiger charge is 2.10. The second-order valence-corrected chi connectivity index (χ2v) is 11.9. The van der Waals surface area contributed by atoms with Crippen molar-refractivity contribution in [2.75, 3.05) is 0 Å². The van der Waals surface area contributed by atoms with Crippen LogP contribution in [-0.4, -0.2) is 20.4 Å². The molecule has 0 unspecified atom stereocenters. The van der Waals surface area contributed by atoms with Crippen molar-refractivity contribution in [3.63, 3.8) is 0 Å². The molecular formula is C30H40N4S2. The van der Waals surface area contributed by atoms with Gasteiger partial charge in [0.15, 0.2) is 0 Å². The normalized spacial score (nSPS) is 11.5. The van der Waals surface area contributed by atoms with Gasteiger partial charge in [-0.25, -0.2) is 0 Å². The van der Waals surface area contributed by atoms with Gasteiger partial charge in [-0.15, -0.1) is 20.4 Å². The second-order valence-electron chi connectivity index (χ2n) is 9.81. The SMILES string of the molecule is CCCCCCCCc1nnc(-c2ccc3cc(-c4nnc(CCCCCCCC)s4)ccc3c2)s1. The molecule has 0 fully saturated rings. The molecule has 0 spiro atoms. The van der Waals surface area contributed by atoms with Crippen molar-refractivity contribution >= 4 is 33.4 Å². The van der Waals surface area contributed by atoms with E-state index in [0.717, 1.165) is 44.0 Å². The molecule has 0 aliphatic heterocycles. The van der Waals surface area contributed by atoms with Crippen LogP contribution in [0.1, 0.15) is 101 Å². The fourth-order valence-electron chi connectivity index (χ4n) is 4.57. The smallest absolute Gasteiger partial charge is 0.143 e. The summed E-state index contributed by atoms with van der Waals surface area (Å²) in [6.45, 7) is 4.53. The van der Waals surface area contributed by atoms with Gasteiger partial charge < -0.3 is 0 Å². The van der Waals surface area contributed by atoms with Crippen LogP contribution in [0.5, 0.6) is 0 Å². The minimum Gasteiger partial charge on any atom is -0.143 e. The predicted octanol–water partition coefficient (Wildman–Crippen LogP) is 9.68. The Labute approximate surface area is 224 Å². The summed E-state index contributed by atoms with van der Waals surface area (Å²) in [5.74, 6) is 0. The van der Waals surface area contributed by atoms with Crippen LogP contribution in [0.15, 0.2) is 36.4 Å². The topological polar surface area (TPSA) is 51.6 Å². The molecule has 0 aliphatic carbocycles. The van der Waals surface area contributed by atoms with Gasteiger partial charge in [-0.2, -0.15) is 0 Å². The summed E-state index contributed by atoms with van der Waals surface area (Å²) in [5.41, 5.74) is 2.30. The maximum Gasteiger partial charge on any atom is 0.147 e. The maximum absolute atomic E-state index is 4.49. The minimum atomic E-state index is 1.02. The summed E-state index contributed by atoms with van der Waals surface area (Å²) in [6, 6.07) is 13.2. The molecule has 0 aliphatic rings. The first-order valence-electron chi connectivity index (χ1n) is 14.0. The summed E-state index contributed by atoms with van der Waals surface area (Å²) in [6.07, 6.45) is 17.8. The van der Waals surface area contributed by atoms with Gasteiger partial charge in [0.2, 0.25) is 0 Å². The molecule has 2 heterocycles. The van der Waals surface area contributed by atoms with Crippen molar-refractivity contribution in [3.05, 3.63) is 46.4 Å². The molecule has 0 saturated heterocycles. The van der Waals surface area contributed by atoms with Gasteiger partial charge in [0.25, 0.3) is 0 Å². The number of fused-ring (bicyclic) bond motifs is 1. The summed E-state index contributed by atoms with van der Waals surface area (Å²) < 4.78 is 0. The summed E-state index contributed by atoms with van der Waals surface area (Å²) in [5, 5.41) is 24.7. The number of rotatable bonds is 16. The second kappa shape index (κ2) is 14.5. The fraction of sp³-hybridized carbons (Fsp3) is 0.533. The van der Waals surface area contributed by atoms with Crippen molar-refractivity contribution in [1.29, 1.82) is 0 Å². The first-order chi connectivity index (χ1) is 17.8. The van der Waals surface area contributed by atoms with E-state index in [1.54, 1.807) is 22.7 Å². The van der Waals surface area contributed by atoms with Crippen LogP contribution < -0.4 is 0 Å². The average molecular weight is 521 g/mol. The molecule has 2 aromatic heterocycles. The highest BCUT2D eigenvalue weighted by molar-refractivity contribution is 7.15. The molecule has 0 saturated carbocycles. The average Bonchev–Trinajstić information content (AvgIpc) is 3.58. The van der Waals surface area contributed by atoms with Crippen molar-refractivity contribution in [1.82, 2.24) is 20.4 Å². The van der Waals surface area contributed by atoms with E-state index in [1.807, 2.05) is 0 Å². The minimum absolute atomic E-state index is 1.02. The van der Waals surface area contributed by atoms with Gasteiger partial charge in [0.05, 0.1) is 0 Å². The number of hydrogen-bond donors (Lipinski definition) is 0. The maximum atomic E-state index is 4.49. The molecule has 0 radical (unpaired) electrons. The van der Waals surface area contributed by atoms with E-state index in [0.29, 0.717) is 0 Å². The van der Waals surface area contributed by atoms with E-state index >= 15 is 0 Å². The number of aryl methyl sites for hydroxylation is 2. The largest absolute Gasteiger partial charge is 0.147 e.